The van der Waals surface area contributed by atoms with Crippen molar-refractivity contribution in [2.45, 2.75) is 44.2 Å². The van der Waals surface area contributed by atoms with Crippen LogP contribution < -0.4 is 10.6 Å². The van der Waals surface area contributed by atoms with Crippen molar-refractivity contribution in [3.63, 3.8) is 0 Å². The molecule has 0 spiro atoms. The molecule has 5 rings (SSSR count). The van der Waals surface area contributed by atoms with Crippen LogP contribution in [0.4, 0.5) is 21.0 Å². The molecule has 2 aromatic carbocycles. The normalized spacial score (nSPS) is 20.1. The molecule has 0 radical (unpaired) electrons. The summed E-state index contributed by atoms with van der Waals surface area (Å²) in [5.41, 5.74) is 2.95. The van der Waals surface area contributed by atoms with Crippen molar-refractivity contribution in [3.8, 4) is 11.3 Å². The smallest absolute Gasteiger partial charge is 0.411 e. The number of aromatic nitrogens is 2. The van der Waals surface area contributed by atoms with E-state index in [9.17, 15) is 14.4 Å². The van der Waals surface area contributed by atoms with Gasteiger partial charge in [0.25, 0.3) is 0 Å². The van der Waals surface area contributed by atoms with Crippen LogP contribution in [0.2, 0.25) is 5.02 Å². The number of ether oxygens (including phenoxy) is 1. The largest absolute Gasteiger partial charge is 0.465 e. The number of carbonyl (C=O) groups excluding carboxylic acids is 2. The number of benzene rings is 2. The number of hydrogen-bond donors (Lipinski definition) is 4. The zero-order valence-electron chi connectivity index (χ0n) is 19.9. The summed E-state index contributed by atoms with van der Waals surface area (Å²) in [6, 6.07) is 11.9. The fourth-order valence-corrected chi connectivity index (χ4v) is 5.02. The van der Waals surface area contributed by atoms with Crippen LogP contribution in [0.3, 0.4) is 0 Å². The lowest BCUT2D eigenvalue weighted by Gasteiger charge is -2.36. The molecule has 1 unspecified atom stereocenters. The predicted molar refractivity (Wildman–Crippen MR) is 138 cm³/mol. The zero-order chi connectivity index (χ0) is 25.9. The summed E-state index contributed by atoms with van der Waals surface area (Å²) in [5, 5.41) is 14.8. The van der Waals surface area contributed by atoms with Crippen LogP contribution >= 0.6 is 11.6 Å². The molecule has 1 aromatic heterocycles. The number of anilines is 2. The number of H-pyrrole nitrogens is 1. The molecule has 3 amide bonds. The van der Waals surface area contributed by atoms with Crippen molar-refractivity contribution < 1.29 is 24.2 Å². The Labute approximate surface area is 218 Å². The van der Waals surface area contributed by atoms with Gasteiger partial charge < -0.3 is 20.1 Å². The molecule has 2 bridgehead atoms. The minimum Gasteiger partial charge on any atom is -0.465 e. The van der Waals surface area contributed by atoms with Crippen molar-refractivity contribution in [1.82, 2.24) is 14.9 Å². The minimum absolute atomic E-state index is 0.174. The average molecular weight is 524 g/mol. The van der Waals surface area contributed by atoms with Crippen LogP contribution in [-0.4, -0.2) is 44.6 Å². The van der Waals surface area contributed by atoms with Gasteiger partial charge in [-0.2, -0.15) is 0 Å². The highest BCUT2D eigenvalue weighted by Gasteiger charge is 2.35. The first kappa shape index (κ1) is 24.6. The van der Waals surface area contributed by atoms with Crippen molar-refractivity contribution >= 4 is 41.1 Å². The van der Waals surface area contributed by atoms with Crippen LogP contribution in [0.15, 0.2) is 48.7 Å². The fourth-order valence-electron chi connectivity index (χ4n) is 4.82. The molecule has 3 aromatic rings. The maximum absolute atomic E-state index is 13.1. The second-order valence-corrected chi connectivity index (χ2v) is 9.53. The summed E-state index contributed by atoms with van der Waals surface area (Å²) in [5.74, 6) is 0.450. The number of nitrogens with one attached hydrogen (secondary N) is 3. The number of cyclic esters (lactones) is 1. The van der Waals surface area contributed by atoms with E-state index in [2.05, 4.69) is 20.6 Å². The van der Waals surface area contributed by atoms with Gasteiger partial charge in [0.05, 0.1) is 23.6 Å². The Balaban J connectivity index is 1.42. The van der Waals surface area contributed by atoms with Crippen LogP contribution in [0.1, 0.15) is 55.6 Å². The first-order valence-corrected chi connectivity index (χ1v) is 12.5. The van der Waals surface area contributed by atoms with E-state index in [1.54, 1.807) is 35.4 Å². The van der Waals surface area contributed by atoms with Crippen LogP contribution in [0.25, 0.3) is 11.3 Å². The summed E-state index contributed by atoms with van der Waals surface area (Å²) in [6.45, 7) is 0.484. The number of carboxylic acid groups (broad SMARTS) is 1. The summed E-state index contributed by atoms with van der Waals surface area (Å²) >= 11 is 6.12. The number of aromatic amines is 1. The van der Waals surface area contributed by atoms with E-state index in [-0.39, 0.29) is 18.1 Å². The fraction of sp³-hybridized carbons (Fsp3) is 0.308. The maximum Gasteiger partial charge on any atom is 0.411 e. The van der Waals surface area contributed by atoms with Crippen LogP contribution in [0.5, 0.6) is 0 Å². The van der Waals surface area contributed by atoms with E-state index in [1.165, 1.54) is 0 Å². The molecular formula is C26H26ClN5O5. The summed E-state index contributed by atoms with van der Waals surface area (Å²) in [6.07, 6.45) is 2.50. The Morgan fingerprint density at radius 1 is 1.16 bits per heavy atom. The van der Waals surface area contributed by atoms with Gasteiger partial charge >= 0.3 is 12.2 Å². The molecule has 2 atom stereocenters. The first-order valence-electron chi connectivity index (χ1n) is 12.1. The Morgan fingerprint density at radius 3 is 2.81 bits per heavy atom. The zero-order valence-corrected chi connectivity index (χ0v) is 20.6. The van der Waals surface area contributed by atoms with E-state index in [0.717, 1.165) is 5.56 Å². The molecule has 10 nitrogen and oxygen atoms in total. The molecule has 2 aliphatic heterocycles. The lowest BCUT2D eigenvalue weighted by molar-refractivity contribution is -0.116. The highest BCUT2D eigenvalue weighted by Crippen LogP contribution is 2.36. The monoisotopic (exact) mass is 523 g/mol. The van der Waals surface area contributed by atoms with Crippen molar-refractivity contribution in [3.05, 3.63) is 65.1 Å². The standard InChI is InChI=1S/C26H26ClN5O5/c27-16-5-3-4-15(12-16)22-10-11-32(26(36)37-22)21-6-1-2-7-23(33)30-19-13-17(29-25(34)35)8-9-18(19)20-14-28-24(21)31-20/h3-5,8-9,12-14,21-22,29H,1-2,6-7,10-11H2,(H,28,31)(H,30,33)(H,34,35)/t21-,22?/m0/s1. The third kappa shape index (κ3) is 5.54. The third-order valence-corrected chi connectivity index (χ3v) is 6.82. The lowest BCUT2D eigenvalue weighted by atomic mass is 10.0. The molecule has 0 aliphatic carbocycles. The van der Waals surface area contributed by atoms with E-state index in [4.69, 9.17) is 21.4 Å². The molecule has 37 heavy (non-hydrogen) atoms. The Kier molecular flexibility index (Phi) is 7.00. The molecule has 11 heteroatoms. The Morgan fingerprint density at radius 2 is 2.03 bits per heavy atom. The van der Waals surface area contributed by atoms with Gasteiger partial charge in [0, 0.05) is 35.7 Å². The second-order valence-electron chi connectivity index (χ2n) is 9.09. The topological polar surface area (TPSA) is 137 Å². The third-order valence-electron chi connectivity index (χ3n) is 6.58. The van der Waals surface area contributed by atoms with E-state index in [1.807, 2.05) is 18.2 Å². The average Bonchev–Trinajstić information content (AvgIpc) is 3.33. The van der Waals surface area contributed by atoms with Gasteiger partial charge in [-0.3, -0.25) is 15.0 Å². The SMILES string of the molecule is O=C(O)Nc1ccc2c(c1)NC(=O)CCCC[C@H](N1CCC(c3cccc(Cl)c3)OC1=O)c1ncc-2[nH]1. The summed E-state index contributed by atoms with van der Waals surface area (Å²) in [7, 11) is 0. The van der Waals surface area contributed by atoms with Gasteiger partial charge in [-0.25, -0.2) is 14.6 Å². The Hall–Kier alpha value is -4.05. The van der Waals surface area contributed by atoms with Crippen molar-refractivity contribution in [2.75, 3.05) is 17.2 Å². The van der Waals surface area contributed by atoms with Gasteiger partial charge in [-0.15, -0.1) is 0 Å². The molecule has 2 aliphatic rings. The number of halogens is 1. The molecule has 0 saturated carbocycles. The number of carbonyl (C=O) groups is 3. The highest BCUT2D eigenvalue weighted by atomic mass is 35.5. The number of fused-ring (bicyclic) bond motifs is 4. The van der Waals surface area contributed by atoms with Gasteiger partial charge in [-0.05, 0) is 48.7 Å². The number of hydrogen-bond acceptors (Lipinski definition) is 5. The van der Waals surface area contributed by atoms with Crippen molar-refractivity contribution in [1.29, 1.82) is 0 Å². The van der Waals surface area contributed by atoms with Gasteiger partial charge in [0.2, 0.25) is 5.91 Å². The van der Waals surface area contributed by atoms with Gasteiger partial charge in [0.1, 0.15) is 11.9 Å². The lowest BCUT2D eigenvalue weighted by Crippen LogP contribution is -2.42. The molecule has 4 N–H and O–H groups in total. The number of imidazole rings is 1. The predicted octanol–water partition coefficient (Wildman–Crippen LogP) is 5.96. The Bertz CT molecular complexity index is 1340. The highest BCUT2D eigenvalue weighted by molar-refractivity contribution is 6.30. The maximum atomic E-state index is 13.1. The molecular weight excluding hydrogens is 498 g/mol. The quantitative estimate of drug-likeness (QED) is 0.334. The van der Waals surface area contributed by atoms with Gasteiger partial charge in [0.15, 0.2) is 0 Å². The molecule has 1 fully saturated rings. The van der Waals surface area contributed by atoms with E-state index < -0.39 is 12.2 Å². The number of amides is 3. The van der Waals surface area contributed by atoms with Crippen molar-refractivity contribution in [2.24, 2.45) is 0 Å². The molecule has 192 valence electrons. The number of nitrogens with zero attached hydrogens (tertiary/aromatic N) is 2. The first-order chi connectivity index (χ1) is 17.9. The van der Waals surface area contributed by atoms with Crippen LogP contribution in [-0.2, 0) is 9.53 Å². The minimum atomic E-state index is -1.20. The summed E-state index contributed by atoms with van der Waals surface area (Å²) < 4.78 is 5.80. The van der Waals surface area contributed by atoms with Gasteiger partial charge in [-0.1, -0.05) is 30.2 Å². The molecule has 3 heterocycles. The van der Waals surface area contributed by atoms with Crippen LogP contribution in [0, 0.1) is 0 Å². The second kappa shape index (κ2) is 10.5. The van der Waals surface area contributed by atoms with E-state index >= 15 is 0 Å². The molecule has 1 saturated heterocycles. The van der Waals surface area contributed by atoms with E-state index in [0.29, 0.717) is 72.1 Å². The summed E-state index contributed by atoms with van der Waals surface area (Å²) in [4.78, 5) is 46.4. The number of rotatable bonds is 3.